The van der Waals surface area contributed by atoms with Gasteiger partial charge in [-0.05, 0) is 25.5 Å². The van der Waals surface area contributed by atoms with Gasteiger partial charge in [0.05, 0.1) is 11.6 Å². The number of nitrogens with one attached hydrogen (secondary N) is 2. The maximum absolute atomic E-state index is 11.2. The molecule has 3 rings (SSSR count). The van der Waals surface area contributed by atoms with Crippen LogP contribution < -0.4 is 5.32 Å². The van der Waals surface area contributed by atoms with E-state index in [1.807, 2.05) is 31.2 Å². The van der Waals surface area contributed by atoms with Crippen molar-refractivity contribution in [3.63, 3.8) is 0 Å². The van der Waals surface area contributed by atoms with E-state index in [4.69, 9.17) is 0 Å². The maximum Gasteiger partial charge on any atom is 0.152 e. The van der Waals surface area contributed by atoms with Gasteiger partial charge in [0.2, 0.25) is 0 Å². The van der Waals surface area contributed by atoms with Crippen molar-refractivity contribution in [1.29, 1.82) is 0 Å². The number of hydrogen-bond donors (Lipinski definition) is 2. The summed E-state index contributed by atoms with van der Waals surface area (Å²) in [5.74, 6) is 0.764. The molecule has 1 aromatic carbocycles. The molecular weight excluding hydrogens is 262 g/mol. The smallest absolute Gasteiger partial charge is 0.152 e. The SMILES string of the molecule is Cc1[nH]c2c(N[C@H](C)c3ccccc3)nccc2c1C=O. The quantitative estimate of drug-likeness (QED) is 0.713. The number of fused-ring (bicyclic) bond motifs is 1. The van der Waals surface area contributed by atoms with Gasteiger partial charge in [0.15, 0.2) is 12.1 Å². The molecule has 0 saturated carbocycles. The average Bonchev–Trinajstić information content (AvgIpc) is 2.84. The molecule has 21 heavy (non-hydrogen) atoms. The average molecular weight is 279 g/mol. The van der Waals surface area contributed by atoms with Crippen molar-refractivity contribution in [3.05, 3.63) is 59.4 Å². The molecule has 1 atom stereocenters. The molecule has 4 nitrogen and oxygen atoms in total. The Morgan fingerprint density at radius 3 is 2.71 bits per heavy atom. The van der Waals surface area contributed by atoms with Crippen LogP contribution in [0.4, 0.5) is 5.82 Å². The van der Waals surface area contributed by atoms with Crippen LogP contribution in [-0.2, 0) is 0 Å². The highest BCUT2D eigenvalue weighted by atomic mass is 16.1. The minimum Gasteiger partial charge on any atom is -0.362 e. The Hall–Kier alpha value is -2.62. The number of carbonyl (C=O) groups is 1. The number of aromatic amines is 1. The van der Waals surface area contributed by atoms with E-state index in [2.05, 4.69) is 34.3 Å². The van der Waals surface area contributed by atoms with Gasteiger partial charge >= 0.3 is 0 Å². The number of H-pyrrole nitrogens is 1. The van der Waals surface area contributed by atoms with Crippen molar-refractivity contribution in [2.24, 2.45) is 0 Å². The molecule has 0 saturated heterocycles. The van der Waals surface area contributed by atoms with Crippen LogP contribution >= 0.6 is 0 Å². The molecule has 2 heterocycles. The number of carbonyl (C=O) groups excluding carboxylic acids is 1. The first-order chi connectivity index (χ1) is 10.2. The zero-order chi connectivity index (χ0) is 14.8. The van der Waals surface area contributed by atoms with Gasteiger partial charge < -0.3 is 10.3 Å². The lowest BCUT2D eigenvalue weighted by atomic mass is 10.1. The Kier molecular flexibility index (Phi) is 3.44. The van der Waals surface area contributed by atoms with E-state index in [1.165, 1.54) is 5.56 Å². The second-order valence-electron chi connectivity index (χ2n) is 5.14. The molecule has 0 unspecified atom stereocenters. The lowest BCUT2D eigenvalue weighted by molar-refractivity contribution is 0.112. The third kappa shape index (κ3) is 2.40. The molecule has 0 spiro atoms. The fourth-order valence-corrected chi connectivity index (χ4v) is 2.56. The summed E-state index contributed by atoms with van der Waals surface area (Å²) in [7, 11) is 0. The Labute approximate surface area is 123 Å². The molecule has 0 aliphatic rings. The summed E-state index contributed by atoms with van der Waals surface area (Å²) in [6, 6.07) is 12.2. The summed E-state index contributed by atoms with van der Waals surface area (Å²) in [5.41, 5.74) is 3.63. The number of hydrogen-bond acceptors (Lipinski definition) is 3. The van der Waals surface area contributed by atoms with Gasteiger partial charge in [-0.15, -0.1) is 0 Å². The molecule has 0 amide bonds. The minimum absolute atomic E-state index is 0.132. The van der Waals surface area contributed by atoms with Crippen LogP contribution in [0.25, 0.3) is 10.9 Å². The van der Waals surface area contributed by atoms with Crippen LogP contribution in [0.5, 0.6) is 0 Å². The van der Waals surface area contributed by atoms with Crippen LogP contribution in [-0.4, -0.2) is 16.3 Å². The number of aldehydes is 1. The lowest BCUT2D eigenvalue weighted by Gasteiger charge is -2.15. The number of rotatable bonds is 4. The fourth-order valence-electron chi connectivity index (χ4n) is 2.56. The third-order valence-corrected chi connectivity index (χ3v) is 3.73. The van der Waals surface area contributed by atoms with Gasteiger partial charge in [0.1, 0.15) is 0 Å². The molecule has 106 valence electrons. The predicted octanol–water partition coefficient (Wildman–Crippen LogP) is 3.86. The Balaban J connectivity index is 2.00. The zero-order valence-electron chi connectivity index (χ0n) is 12.1. The zero-order valence-corrected chi connectivity index (χ0v) is 12.1. The van der Waals surface area contributed by atoms with Crippen LogP contribution in [0.15, 0.2) is 42.6 Å². The maximum atomic E-state index is 11.2. The fraction of sp³-hybridized carbons (Fsp3) is 0.176. The monoisotopic (exact) mass is 279 g/mol. The molecule has 0 bridgehead atoms. The topological polar surface area (TPSA) is 57.8 Å². The van der Waals surface area contributed by atoms with Crippen molar-refractivity contribution in [3.8, 4) is 0 Å². The van der Waals surface area contributed by atoms with Crippen molar-refractivity contribution in [2.75, 3.05) is 5.32 Å². The first kappa shape index (κ1) is 13.4. The summed E-state index contributed by atoms with van der Waals surface area (Å²) in [6.07, 6.45) is 2.61. The van der Waals surface area contributed by atoms with Gasteiger partial charge in [-0.2, -0.15) is 0 Å². The lowest BCUT2D eigenvalue weighted by Crippen LogP contribution is -2.08. The van der Waals surface area contributed by atoms with Crippen molar-refractivity contribution >= 4 is 23.0 Å². The molecule has 4 heteroatoms. The van der Waals surface area contributed by atoms with Crippen LogP contribution in [0.3, 0.4) is 0 Å². The van der Waals surface area contributed by atoms with E-state index in [-0.39, 0.29) is 6.04 Å². The van der Waals surface area contributed by atoms with Crippen molar-refractivity contribution in [2.45, 2.75) is 19.9 Å². The second kappa shape index (κ2) is 5.40. The molecule has 0 aliphatic heterocycles. The molecule has 0 fully saturated rings. The highest BCUT2D eigenvalue weighted by Gasteiger charge is 2.13. The van der Waals surface area contributed by atoms with Gasteiger partial charge in [-0.3, -0.25) is 4.79 Å². The summed E-state index contributed by atoms with van der Waals surface area (Å²) < 4.78 is 0. The number of aromatic nitrogens is 2. The number of benzene rings is 1. The van der Waals surface area contributed by atoms with E-state index in [9.17, 15) is 4.79 Å². The molecule has 0 radical (unpaired) electrons. The van der Waals surface area contributed by atoms with Crippen LogP contribution in [0.1, 0.15) is 34.6 Å². The van der Waals surface area contributed by atoms with E-state index < -0.39 is 0 Å². The van der Waals surface area contributed by atoms with Gasteiger partial charge in [0, 0.05) is 22.8 Å². The molecular formula is C17H17N3O. The molecule has 0 aliphatic carbocycles. The minimum atomic E-state index is 0.132. The van der Waals surface area contributed by atoms with Crippen molar-refractivity contribution in [1.82, 2.24) is 9.97 Å². The van der Waals surface area contributed by atoms with E-state index in [0.29, 0.717) is 5.56 Å². The predicted molar refractivity (Wildman–Crippen MR) is 84.7 cm³/mol. The van der Waals surface area contributed by atoms with Crippen LogP contribution in [0, 0.1) is 6.92 Å². The van der Waals surface area contributed by atoms with Gasteiger partial charge in [-0.25, -0.2) is 4.98 Å². The number of anilines is 1. The third-order valence-electron chi connectivity index (χ3n) is 3.73. The molecule has 3 aromatic rings. The molecule has 2 aromatic heterocycles. The summed E-state index contributed by atoms with van der Waals surface area (Å²) in [6.45, 7) is 3.99. The summed E-state index contributed by atoms with van der Waals surface area (Å²) in [5, 5.41) is 4.31. The van der Waals surface area contributed by atoms with Gasteiger partial charge in [-0.1, -0.05) is 30.3 Å². The highest BCUT2D eigenvalue weighted by Crippen LogP contribution is 2.27. The second-order valence-corrected chi connectivity index (χ2v) is 5.14. The van der Waals surface area contributed by atoms with E-state index in [0.717, 1.165) is 28.7 Å². The summed E-state index contributed by atoms with van der Waals surface area (Å²) >= 11 is 0. The number of nitrogens with zero attached hydrogens (tertiary/aromatic N) is 1. The van der Waals surface area contributed by atoms with Gasteiger partial charge in [0.25, 0.3) is 0 Å². The largest absolute Gasteiger partial charge is 0.362 e. The van der Waals surface area contributed by atoms with Crippen LogP contribution in [0.2, 0.25) is 0 Å². The van der Waals surface area contributed by atoms with E-state index >= 15 is 0 Å². The Morgan fingerprint density at radius 1 is 1.24 bits per heavy atom. The van der Waals surface area contributed by atoms with E-state index in [1.54, 1.807) is 6.20 Å². The number of pyridine rings is 1. The normalized spacial score (nSPS) is 12.3. The van der Waals surface area contributed by atoms with Crippen molar-refractivity contribution < 1.29 is 4.79 Å². The Morgan fingerprint density at radius 2 is 2.00 bits per heavy atom. The first-order valence-corrected chi connectivity index (χ1v) is 6.94. The standard InChI is InChI=1S/C17H17N3O/c1-11(13-6-4-3-5-7-13)20-17-16-14(8-9-18-17)15(10-21)12(2)19-16/h3-11,19H,1-2H3,(H,18,20)/t11-/m1/s1. The molecule has 2 N–H and O–H groups in total. The Bertz CT molecular complexity index is 777. The number of aryl methyl sites for hydroxylation is 1. The summed E-state index contributed by atoms with van der Waals surface area (Å²) in [4.78, 5) is 18.8. The highest BCUT2D eigenvalue weighted by molar-refractivity contribution is 6.02. The first-order valence-electron chi connectivity index (χ1n) is 6.94.